The number of alkyl halides is 3. The number of fused-ring (bicyclic) bond motifs is 1. The molecule has 2 aromatic rings. The van der Waals surface area contributed by atoms with Gasteiger partial charge in [-0.3, -0.25) is 4.79 Å². The number of nitrogens with one attached hydrogen (secondary N) is 1. The summed E-state index contributed by atoms with van der Waals surface area (Å²) in [5.74, 6) is -0.217. The molecule has 1 atom stereocenters. The second-order valence-corrected chi connectivity index (χ2v) is 6.29. The normalized spacial score (nSPS) is 16.6. The van der Waals surface area contributed by atoms with E-state index in [0.29, 0.717) is 11.3 Å². The zero-order valence-corrected chi connectivity index (χ0v) is 15.2. The van der Waals surface area contributed by atoms with Gasteiger partial charge in [-0.05, 0) is 24.3 Å². The highest BCUT2D eigenvalue weighted by molar-refractivity contribution is 6.32. The van der Waals surface area contributed by atoms with Crippen LogP contribution in [0.15, 0.2) is 36.4 Å². The molecule has 2 aromatic carbocycles. The molecule has 1 heterocycles. The molecular formula is C18H16ClF3N2O3. The lowest BCUT2D eigenvalue weighted by Gasteiger charge is -2.38. The number of hydrogen-bond acceptors (Lipinski definition) is 4. The fourth-order valence-electron chi connectivity index (χ4n) is 3.01. The number of para-hydroxylation sites is 1. The molecule has 0 saturated heterocycles. The van der Waals surface area contributed by atoms with Crippen LogP contribution in [0, 0.1) is 0 Å². The van der Waals surface area contributed by atoms with Gasteiger partial charge in [0.2, 0.25) is 0 Å². The summed E-state index contributed by atoms with van der Waals surface area (Å²) in [6.07, 6.45) is -5.64. The highest BCUT2D eigenvalue weighted by atomic mass is 35.5. The van der Waals surface area contributed by atoms with Gasteiger partial charge in [0.15, 0.2) is 11.5 Å². The maximum Gasteiger partial charge on any atom is 0.406 e. The van der Waals surface area contributed by atoms with Crippen molar-refractivity contribution in [2.24, 2.45) is 0 Å². The summed E-state index contributed by atoms with van der Waals surface area (Å²) >= 11 is 6.19. The van der Waals surface area contributed by atoms with Gasteiger partial charge < -0.3 is 19.7 Å². The largest absolute Gasteiger partial charge is 0.493 e. The number of methoxy groups -OCH3 is 2. The van der Waals surface area contributed by atoms with E-state index in [4.69, 9.17) is 21.1 Å². The molecule has 27 heavy (non-hydrogen) atoms. The molecule has 0 saturated carbocycles. The first-order chi connectivity index (χ1) is 12.7. The molecular weight excluding hydrogens is 385 g/mol. The first kappa shape index (κ1) is 19.2. The van der Waals surface area contributed by atoms with Gasteiger partial charge in [-0.2, -0.15) is 13.2 Å². The van der Waals surface area contributed by atoms with Gasteiger partial charge in [-0.25, -0.2) is 0 Å². The Labute approximate surface area is 158 Å². The summed E-state index contributed by atoms with van der Waals surface area (Å²) in [5.41, 5.74) is 0.950. The Kier molecular flexibility index (Phi) is 5.10. The van der Waals surface area contributed by atoms with Crippen LogP contribution in [0.2, 0.25) is 5.02 Å². The molecule has 3 rings (SSSR count). The average molecular weight is 401 g/mol. The van der Waals surface area contributed by atoms with Crippen LogP contribution in [0.25, 0.3) is 0 Å². The van der Waals surface area contributed by atoms with Crippen LogP contribution in [-0.4, -0.2) is 37.7 Å². The minimum Gasteiger partial charge on any atom is -0.493 e. The van der Waals surface area contributed by atoms with Crippen LogP contribution >= 0.6 is 11.6 Å². The van der Waals surface area contributed by atoms with E-state index in [1.165, 1.54) is 32.4 Å². The van der Waals surface area contributed by atoms with Gasteiger partial charge in [0, 0.05) is 11.3 Å². The number of nitrogens with zero attached hydrogens (tertiary/aromatic N) is 1. The summed E-state index contributed by atoms with van der Waals surface area (Å²) in [7, 11) is 2.79. The Hall–Kier alpha value is -2.61. The van der Waals surface area contributed by atoms with Gasteiger partial charge in [0.25, 0.3) is 5.91 Å². The van der Waals surface area contributed by atoms with Crippen LogP contribution in [0.3, 0.4) is 0 Å². The Balaban J connectivity index is 2.11. The van der Waals surface area contributed by atoms with Crippen molar-refractivity contribution in [3.05, 3.63) is 52.5 Å². The van der Waals surface area contributed by atoms with Crippen LogP contribution in [0.5, 0.6) is 11.5 Å². The molecule has 1 N–H and O–H groups in total. The van der Waals surface area contributed by atoms with E-state index in [0.717, 1.165) is 4.90 Å². The zero-order valence-electron chi connectivity index (χ0n) is 14.4. The minimum absolute atomic E-state index is 0.159. The summed E-state index contributed by atoms with van der Waals surface area (Å²) < 4.78 is 49.8. The van der Waals surface area contributed by atoms with Crippen LogP contribution in [0.4, 0.5) is 18.9 Å². The lowest BCUT2D eigenvalue weighted by molar-refractivity contribution is -0.144. The number of ether oxygens (including phenoxy) is 2. The molecule has 0 bridgehead atoms. The number of anilines is 1. The average Bonchev–Trinajstić information content (AvgIpc) is 2.62. The van der Waals surface area contributed by atoms with Gasteiger partial charge >= 0.3 is 6.18 Å². The lowest BCUT2D eigenvalue weighted by atomic mass is 10.0. The smallest absolute Gasteiger partial charge is 0.406 e. The highest BCUT2D eigenvalue weighted by Gasteiger charge is 2.41. The topological polar surface area (TPSA) is 50.8 Å². The van der Waals surface area contributed by atoms with E-state index in [9.17, 15) is 18.0 Å². The zero-order chi connectivity index (χ0) is 19.8. The van der Waals surface area contributed by atoms with Crippen molar-refractivity contribution >= 4 is 23.2 Å². The number of carbonyl (C=O) groups is 1. The molecule has 9 heteroatoms. The molecule has 1 aliphatic rings. The molecule has 0 radical (unpaired) electrons. The van der Waals surface area contributed by atoms with Crippen molar-refractivity contribution < 1.29 is 27.4 Å². The monoisotopic (exact) mass is 400 g/mol. The number of rotatable bonds is 4. The van der Waals surface area contributed by atoms with Crippen molar-refractivity contribution in [3.8, 4) is 11.5 Å². The SMILES string of the molecule is COc1cc([C@@H]2Nc3ccccc3C(=O)N2CC(F)(F)F)cc(Cl)c1OC. The van der Waals surface area contributed by atoms with Gasteiger partial charge in [0.05, 0.1) is 24.8 Å². The van der Waals surface area contributed by atoms with E-state index >= 15 is 0 Å². The van der Waals surface area contributed by atoms with Crippen molar-refractivity contribution in [1.82, 2.24) is 4.90 Å². The van der Waals surface area contributed by atoms with Gasteiger partial charge in [-0.1, -0.05) is 23.7 Å². The molecule has 0 aliphatic carbocycles. The third-order valence-corrected chi connectivity index (χ3v) is 4.42. The van der Waals surface area contributed by atoms with E-state index in [1.54, 1.807) is 18.2 Å². The summed E-state index contributed by atoms with van der Waals surface area (Å²) in [5, 5.41) is 3.14. The molecule has 0 aromatic heterocycles. The van der Waals surface area contributed by atoms with Crippen LogP contribution in [-0.2, 0) is 0 Å². The molecule has 1 aliphatic heterocycles. The molecule has 5 nitrogen and oxygen atoms in total. The molecule has 0 unspecified atom stereocenters. The molecule has 0 fully saturated rings. The number of carbonyl (C=O) groups excluding carboxylic acids is 1. The number of benzene rings is 2. The minimum atomic E-state index is -4.57. The predicted molar refractivity (Wildman–Crippen MR) is 94.5 cm³/mol. The first-order valence-electron chi connectivity index (χ1n) is 7.90. The van der Waals surface area contributed by atoms with Crippen molar-refractivity contribution in [1.29, 1.82) is 0 Å². The third-order valence-electron chi connectivity index (χ3n) is 4.14. The van der Waals surface area contributed by atoms with Crippen molar-refractivity contribution in [2.45, 2.75) is 12.3 Å². The summed E-state index contributed by atoms with van der Waals surface area (Å²) in [6, 6.07) is 9.34. The Bertz CT molecular complexity index is 873. The van der Waals surface area contributed by atoms with E-state index in [1.807, 2.05) is 0 Å². The summed E-state index contributed by atoms with van der Waals surface area (Å²) in [6.45, 7) is -1.41. The second-order valence-electron chi connectivity index (χ2n) is 5.88. The number of halogens is 4. The Morgan fingerprint density at radius 2 is 1.89 bits per heavy atom. The predicted octanol–water partition coefficient (Wildman–Crippen LogP) is 4.49. The fourth-order valence-corrected chi connectivity index (χ4v) is 3.30. The quantitative estimate of drug-likeness (QED) is 0.821. The maximum absolute atomic E-state index is 13.1. The fraction of sp³-hybridized carbons (Fsp3) is 0.278. The first-order valence-corrected chi connectivity index (χ1v) is 8.27. The van der Waals surface area contributed by atoms with Gasteiger partial charge in [-0.15, -0.1) is 0 Å². The standard InChI is InChI=1S/C18H16ClF3N2O3/c1-26-14-8-10(7-12(19)15(14)27-2)16-23-13-6-4-3-5-11(13)17(25)24(16)9-18(20,21)22/h3-8,16,23H,9H2,1-2H3/t16-/m1/s1. The van der Waals surface area contributed by atoms with Crippen molar-refractivity contribution in [3.63, 3.8) is 0 Å². The highest BCUT2D eigenvalue weighted by Crippen LogP contribution is 2.41. The summed E-state index contributed by atoms with van der Waals surface area (Å²) in [4.78, 5) is 13.5. The molecule has 0 spiro atoms. The third kappa shape index (κ3) is 3.75. The lowest BCUT2D eigenvalue weighted by Crippen LogP contribution is -2.47. The van der Waals surface area contributed by atoms with Crippen LogP contribution in [0.1, 0.15) is 22.1 Å². The Morgan fingerprint density at radius 1 is 1.19 bits per heavy atom. The maximum atomic E-state index is 13.1. The molecule has 1 amide bonds. The Morgan fingerprint density at radius 3 is 2.52 bits per heavy atom. The van der Waals surface area contributed by atoms with Crippen molar-refractivity contribution in [2.75, 3.05) is 26.1 Å². The number of amides is 1. The van der Waals surface area contributed by atoms with E-state index in [2.05, 4.69) is 5.32 Å². The second kappa shape index (κ2) is 7.19. The van der Waals surface area contributed by atoms with E-state index < -0.39 is 24.8 Å². The number of hydrogen-bond donors (Lipinski definition) is 1. The van der Waals surface area contributed by atoms with Crippen LogP contribution < -0.4 is 14.8 Å². The van der Waals surface area contributed by atoms with Gasteiger partial charge in [0.1, 0.15) is 12.7 Å². The van der Waals surface area contributed by atoms with E-state index in [-0.39, 0.29) is 22.1 Å². The molecule has 144 valence electrons.